The second kappa shape index (κ2) is 12.6. The first-order chi connectivity index (χ1) is 13.7. The molecule has 28 heavy (non-hydrogen) atoms. The minimum atomic E-state index is -0.673. The van der Waals surface area contributed by atoms with Gasteiger partial charge in [0.1, 0.15) is 0 Å². The fourth-order valence-electron chi connectivity index (χ4n) is 2.31. The number of carbonyl (C=O) groups is 2. The van der Waals surface area contributed by atoms with Crippen LogP contribution < -0.4 is 0 Å². The Morgan fingerprint density at radius 2 is 1.11 bits per heavy atom. The molecule has 0 unspecified atom stereocenters. The summed E-state index contributed by atoms with van der Waals surface area (Å²) in [6.45, 7) is 3.80. The molecule has 2 aromatic carbocycles. The van der Waals surface area contributed by atoms with Crippen molar-refractivity contribution in [3.05, 3.63) is 85.0 Å². The van der Waals surface area contributed by atoms with Crippen molar-refractivity contribution >= 4 is 11.9 Å². The Morgan fingerprint density at radius 3 is 1.57 bits per heavy atom. The lowest BCUT2D eigenvalue weighted by atomic mass is 10.1. The van der Waals surface area contributed by atoms with Crippen LogP contribution in [0.15, 0.2) is 60.7 Å². The molecule has 0 aromatic heterocycles. The second-order valence-corrected chi connectivity index (χ2v) is 6.03. The lowest BCUT2D eigenvalue weighted by Crippen LogP contribution is -2.16. The van der Waals surface area contributed by atoms with E-state index in [9.17, 15) is 9.59 Å². The Hall–Kier alpha value is -2.70. The molecule has 0 bridgehead atoms. The summed E-state index contributed by atoms with van der Waals surface area (Å²) in [5, 5.41) is 0. The summed E-state index contributed by atoms with van der Waals surface area (Å²) in [6.07, 6.45) is 4.80. The summed E-state index contributed by atoms with van der Waals surface area (Å²) in [5.74, 6) is -1.35. The number of carbonyl (C=O) groups excluding carboxylic acids is 2. The van der Waals surface area contributed by atoms with E-state index < -0.39 is 11.9 Å². The number of rotatable bonds is 12. The van der Waals surface area contributed by atoms with Gasteiger partial charge in [-0.1, -0.05) is 69.0 Å². The van der Waals surface area contributed by atoms with Crippen LogP contribution in [0, 0.1) is 13.2 Å². The topological polar surface area (TPSA) is 71.1 Å². The van der Waals surface area contributed by atoms with Gasteiger partial charge in [0.15, 0.2) is 0 Å². The monoisotopic (exact) mass is 384 g/mol. The van der Waals surface area contributed by atoms with E-state index in [4.69, 9.17) is 19.6 Å². The highest BCUT2D eigenvalue weighted by Crippen LogP contribution is 2.19. The maximum Gasteiger partial charge on any atom is 0.373 e. The van der Waals surface area contributed by atoms with Gasteiger partial charge in [0.25, 0.3) is 0 Å². The Labute approximate surface area is 165 Å². The van der Waals surface area contributed by atoms with Gasteiger partial charge in [-0.05, 0) is 30.7 Å². The van der Waals surface area contributed by atoms with Crippen molar-refractivity contribution in [1.29, 1.82) is 0 Å². The molecule has 2 radical (unpaired) electrons. The number of unbranched alkanes of at least 4 members (excludes halogenated alkanes) is 4. The maximum atomic E-state index is 12.0. The molecule has 0 spiro atoms. The largest absolute Gasteiger partial charge is 0.373 e. The van der Waals surface area contributed by atoms with E-state index in [1.165, 1.54) is 0 Å². The fraction of sp³-hybridized carbons (Fsp3) is 0.273. The molecule has 0 heterocycles. The molecule has 0 aliphatic rings. The van der Waals surface area contributed by atoms with Gasteiger partial charge in [0.2, 0.25) is 0 Å². The van der Waals surface area contributed by atoms with Gasteiger partial charge in [0.05, 0.1) is 11.1 Å². The van der Waals surface area contributed by atoms with Crippen LogP contribution in [0.25, 0.3) is 0 Å². The van der Waals surface area contributed by atoms with Crippen LogP contribution in [0.3, 0.4) is 0 Å². The van der Waals surface area contributed by atoms with Crippen molar-refractivity contribution in [3.63, 3.8) is 0 Å². The SMILES string of the molecule is [CH2]CCCCCC[C](OOC(=O)c1ccccc1)OOC(=O)c1ccccc1. The van der Waals surface area contributed by atoms with Crippen molar-refractivity contribution < 1.29 is 29.1 Å². The molecule has 6 heteroatoms. The van der Waals surface area contributed by atoms with Crippen LogP contribution in [0.4, 0.5) is 0 Å². The zero-order valence-corrected chi connectivity index (χ0v) is 15.7. The number of benzene rings is 2. The highest BCUT2D eigenvalue weighted by Gasteiger charge is 2.21. The highest BCUT2D eigenvalue weighted by atomic mass is 17.3. The van der Waals surface area contributed by atoms with E-state index in [0.29, 0.717) is 17.5 Å². The van der Waals surface area contributed by atoms with Crippen molar-refractivity contribution in [2.45, 2.75) is 38.5 Å². The van der Waals surface area contributed by atoms with Crippen molar-refractivity contribution in [2.24, 2.45) is 0 Å². The van der Waals surface area contributed by atoms with Crippen molar-refractivity contribution in [1.82, 2.24) is 0 Å². The molecule has 0 fully saturated rings. The molecule has 0 N–H and O–H groups in total. The van der Waals surface area contributed by atoms with Gasteiger partial charge in [-0.15, -0.1) is 9.78 Å². The van der Waals surface area contributed by atoms with Gasteiger partial charge in [0, 0.05) is 6.42 Å². The Kier molecular flexibility index (Phi) is 9.75. The van der Waals surface area contributed by atoms with Crippen LogP contribution in [0.1, 0.15) is 59.2 Å². The summed E-state index contributed by atoms with van der Waals surface area (Å²) in [4.78, 5) is 43.6. The average molecular weight is 384 g/mol. The third-order valence-electron chi connectivity index (χ3n) is 3.82. The van der Waals surface area contributed by atoms with Crippen LogP contribution in [0.5, 0.6) is 0 Å². The van der Waals surface area contributed by atoms with Gasteiger partial charge in [-0.25, -0.2) is 9.59 Å². The molecule has 0 atom stereocenters. The number of hydrogen-bond donors (Lipinski definition) is 0. The zero-order chi connectivity index (χ0) is 20.0. The molecule has 148 valence electrons. The second-order valence-electron chi connectivity index (χ2n) is 6.03. The van der Waals surface area contributed by atoms with Crippen LogP contribution in [0.2, 0.25) is 0 Å². The molecule has 0 amide bonds. The Balaban J connectivity index is 1.84. The lowest BCUT2D eigenvalue weighted by Gasteiger charge is -2.13. The molecular weight excluding hydrogens is 360 g/mol. The van der Waals surface area contributed by atoms with Gasteiger partial charge in [-0.3, -0.25) is 9.78 Å². The summed E-state index contributed by atoms with van der Waals surface area (Å²) in [5.41, 5.74) is 0.664. The van der Waals surface area contributed by atoms with Gasteiger partial charge >= 0.3 is 18.2 Å². The quantitative estimate of drug-likeness (QED) is 0.284. The van der Waals surface area contributed by atoms with Crippen LogP contribution in [-0.2, 0) is 19.6 Å². The van der Waals surface area contributed by atoms with E-state index in [1.807, 2.05) is 0 Å². The van der Waals surface area contributed by atoms with E-state index in [-0.39, 0.29) is 6.29 Å². The molecule has 6 nitrogen and oxygen atoms in total. The maximum absolute atomic E-state index is 12.0. The molecule has 0 saturated carbocycles. The van der Waals surface area contributed by atoms with Crippen LogP contribution in [-0.4, -0.2) is 11.9 Å². The molecule has 2 rings (SSSR count). The highest BCUT2D eigenvalue weighted by molar-refractivity contribution is 5.89. The molecule has 0 saturated heterocycles. The third kappa shape index (κ3) is 7.90. The zero-order valence-electron chi connectivity index (χ0n) is 15.7. The molecular formula is C22H24O6. The van der Waals surface area contributed by atoms with Crippen molar-refractivity contribution in [2.75, 3.05) is 0 Å². The normalized spacial score (nSPS) is 10.6. The number of hydrogen-bond acceptors (Lipinski definition) is 6. The summed E-state index contributed by atoms with van der Waals surface area (Å²) in [7, 11) is 0. The molecule has 0 aliphatic carbocycles. The smallest absolute Gasteiger partial charge is 0.289 e. The van der Waals surface area contributed by atoms with E-state index in [1.54, 1.807) is 60.7 Å². The predicted octanol–water partition coefficient (Wildman–Crippen LogP) is 5.23. The van der Waals surface area contributed by atoms with E-state index >= 15 is 0 Å². The minimum Gasteiger partial charge on any atom is -0.289 e. The predicted molar refractivity (Wildman–Crippen MR) is 102 cm³/mol. The van der Waals surface area contributed by atoms with Crippen molar-refractivity contribution in [3.8, 4) is 0 Å². The van der Waals surface area contributed by atoms with Crippen LogP contribution >= 0.6 is 0 Å². The Bertz CT molecular complexity index is 646. The molecule has 0 aliphatic heterocycles. The standard InChI is InChI=1S/C22H24O6/c1-2-3-4-5-12-17-20(25-27-21(23)18-13-8-6-9-14-18)26-28-22(24)19-15-10-7-11-16-19/h6-11,13-16H,1-5,12,17H2. The summed E-state index contributed by atoms with van der Waals surface area (Å²) >= 11 is 0. The first kappa shape index (κ1) is 21.6. The van der Waals surface area contributed by atoms with Gasteiger partial charge < -0.3 is 0 Å². The first-order valence-electron chi connectivity index (χ1n) is 9.23. The summed E-state index contributed by atoms with van der Waals surface area (Å²) < 4.78 is 0. The van der Waals surface area contributed by atoms with E-state index in [2.05, 4.69) is 6.92 Å². The van der Waals surface area contributed by atoms with E-state index in [0.717, 1.165) is 32.1 Å². The minimum absolute atomic E-state index is 0.0943. The van der Waals surface area contributed by atoms with Gasteiger partial charge in [-0.2, -0.15) is 0 Å². The molecule has 2 aromatic rings. The first-order valence-corrected chi connectivity index (χ1v) is 9.23. The third-order valence-corrected chi connectivity index (χ3v) is 3.82. The average Bonchev–Trinajstić information content (AvgIpc) is 2.75. The Morgan fingerprint density at radius 1 is 0.643 bits per heavy atom. The fourth-order valence-corrected chi connectivity index (χ4v) is 2.31. The lowest BCUT2D eigenvalue weighted by molar-refractivity contribution is -0.363. The summed E-state index contributed by atoms with van der Waals surface area (Å²) in [6, 6.07) is 16.8.